The zero-order chi connectivity index (χ0) is 30.4. The molecule has 0 spiro atoms. The van der Waals surface area contributed by atoms with Crippen molar-refractivity contribution in [1.82, 2.24) is 10.2 Å². The Kier molecular flexibility index (Phi) is 10.7. The van der Waals surface area contributed by atoms with Gasteiger partial charge in [0.05, 0.1) is 11.9 Å². The molecular formula is C30H35Cl2N3O5S. The molecule has 0 heterocycles. The smallest absolute Gasteiger partial charge is 0.244 e. The Hall–Kier alpha value is -3.27. The van der Waals surface area contributed by atoms with E-state index in [4.69, 9.17) is 27.9 Å². The van der Waals surface area contributed by atoms with Crippen molar-refractivity contribution in [1.29, 1.82) is 0 Å². The van der Waals surface area contributed by atoms with Gasteiger partial charge in [-0.3, -0.25) is 13.9 Å². The van der Waals surface area contributed by atoms with Gasteiger partial charge in [-0.15, -0.1) is 0 Å². The van der Waals surface area contributed by atoms with Crippen molar-refractivity contribution >= 4 is 50.7 Å². The second-order valence-corrected chi connectivity index (χ2v) is 13.5. The molecule has 3 aromatic carbocycles. The van der Waals surface area contributed by atoms with Crippen LogP contribution in [0.5, 0.6) is 5.75 Å². The number of carbonyl (C=O) groups excluding carboxylic acids is 2. The van der Waals surface area contributed by atoms with E-state index < -0.39 is 34.1 Å². The molecule has 0 fully saturated rings. The molecule has 2 amide bonds. The van der Waals surface area contributed by atoms with E-state index in [2.05, 4.69) is 5.32 Å². The molecule has 220 valence electrons. The monoisotopic (exact) mass is 619 g/mol. The number of ether oxygens (including phenoxy) is 1. The Morgan fingerprint density at radius 2 is 1.61 bits per heavy atom. The van der Waals surface area contributed by atoms with Crippen molar-refractivity contribution in [3.63, 3.8) is 0 Å². The van der Waals surface area contributed by atoms with Crippen LogP contribution in [0.4, 0.5) is 5.69 Å². The number of rotatable bonds is 11. The lowest BCUT2D eigenvalue weighted by Gasteiger charge is -2.33. The molecule has 0 saturated heterocycles. The predicted molar refractivity (Wildman–Crippen MR) is 164 cm³/mol. The minimum Gasteiger partial charge on any atom is -0.489 e. The lowest BCUT2D eigenvalue weighted by atomic mass is 10.1. The summed E-state index contributed by atoms with van der Waals surface area (Å²) in [7, 11) is -3.88. The van der Waals surface area contributed by atoms with Crippen LogP contribution in [0.25, 0.3) is 0 Å². The Bertz CT molecular complexity index is 1460. The SMILES string of the molecule is C[C@@H](C(=O)NC(C)(C)C)N(Cc1ccc(Cl)cc1Cl)C(=O)CN(c1ccc(OCc2ccccc2)cc1)S(C)(=O)=O. The fourth-order valence-corrected chi connectivity index (χ4v) is 5.27. The van der Waals surface area contributed by atoms with E-state index in [0.29, 0.717) is 28.0 Å². The van der Waals surface area contributed by atoms with E-state index in [1.54, 1.807) is 49.4 Å². The summed E-state index contributed by atoms with van der Waals surface area (Å²) < 4.78 is 32.5. The first-order valence-electron chi connectivity index (χ1n) is 12.9. The number of hydrogen-bond donors (Lipinski definition) is 1. The van der Waals surface area contributed by atoms with Gasteiger partial charge in [0.15, 0.2) is 0 Å². The Labute approximate surface area is 252 Å². The third kappa shape index (κ3) is 9.66. The maximum absolute atomic E-state index is 13.7. The molecule has 0 saturated carbocycles. The van der Waals surface area contributed by atoms with Gasteiger partial charge in [-0.2, -0.15) is 0 Å². The summed E-state index contributed by atoms with van der Waals surface area (Å²) >= 11 is 12.4. The van der Waals surface area contributed by atoms with Crippen LogP contribution in [0, 0.1) is 0 Å². The summed E-state index contributed by atoms with van der Waals surface area (Å²) in [6.45, 7) is 6.88. The molecule has 1 N–H and O–H groups in total. The van der Waals surface area contributed by atoms with Gasteiger partial charge in [0.25, 0.3) is 0 Å². The molecule has 1 atom stereocenters. The lowest BCUT2D eigenvalue weighted by molar-refractivity contribution is -0.140. The average molecular weight is 621 g/mol. The van der Waals surface area contributed by atoms with Crippen molar-refractivity contribution in [2.75, 3.05) is 17.1 Å². The van der Waals surface area contributed by atoms with Crippen LogP contribution in [-0.4, -0.2) is 49.5 Å². The van der Waals surface area contributed by atoms with Gasteiger partial charge in [0, 0.05) is 22.1 Å². The van der Waals surface area contributed by atoms with E-state index in [9.17, 15) is 18.0 Å². The second kappa shape index (κ2) is 13.6. The molecule has 0 aromatic heterocycles. The standard InChI is InChI=1S/C30H35Cl2N3O5S/c1-21(29(37)33-30(2,3)4)34(18-23-11-12-24(31)17-27(23)32)28(36)19-35(41(5,38)39)25-13-15-26(16-14-25)40-20-22-9-7-6-8-10-22/h6-17,21H,18-20H2,1-5H3,(H,33,37)/t21-/m0/s1. The number of halogens is 2. The van der Waals surface area contributed by atoms with Gasteiger partial charge >= 0.3 is 0 Å². The first-order chi connectivity index (χ1) is 19.1. The largest absolute Gasteiger partial charge is 0.489 e. The number of carbonyl (C=O) groups is 2. The van der Waals surface area contributed by atoms with Gasteiger partial charge in [-0.25, -0.2) is 8.42 Å². The Morgan fingerprint density at radius 1 is 0.976 bits per heavy atom. The number of hydrogen-bond acceptors (Lipinski definition) is 5. The molecule has 0 bridgehead atoms. The molecule has 11 heteroatoms. The summed E-state index contributed by atoms with van der Waals surface area (Å²) in [5.74, 6) is -0.423. The summed E-state index contributed by atoms with van der Waals surface area (Å²) in [4.78, 5) is 28.1. The van der Waals surface area contributed by atoms with Crippen molar-refractivity contribution in [2.45, 2.75) is 52.4 Å². The highest BCUT2D eigenvalue weighted by Crippen LogP contribution is 2.25. The van der Waals surface area contributed by atoms with E-state index in [1.807, 2.05) is 51.1 Å². The summed E-state index contributed by atoms with van der Waals surface area (Å²) in [5.41, 5.74) is 1.29. The maximum Gasteiger partial charge on any atom is 0.244 e. The van der Waals surface area contributed by atoms with Crippen LogP contribution in [0.1, 0.15) is 38.8 Å². The van der Waals surface area contributed by atoms with E-state index in [-0.39, 0.29) is 18.1 Å². The molecule has 3 rings (SSSR count). The van der Waals surface area contributed by atoms with Crippen molar-refractivity contribution in [3.05, 3.63) is 94.0 Å². The van der Waals surface area contributed by atoms with Crippen molar-refractivity contribution in [3.8, 4) is 5.75 Å². The lowest BCUT2D eigenvalue weighted by Crippen LogP contribution is -2.54. The number of anilines is 1. The minimum atomic E-state index is -3.88. The Morgan fingerprint density at radius 3 is 2.17 bits per heavy atom. The molecule has 0 unspecified atom stereocenters. The predicted octanol–water partition coefficient (Wildman–Crippen LogP) is 5.67. The van der Waals surface area contributed by atoms with Crippen LogP contribution in [0.15, 0.2) is 72.8 Å². The van der Waals surface area contributed by atoms with Gasteiger partial charge in [0.2, 0.25) is 21.8 Å². The zero-order valence-corrected chi connectivity index (χ0v) is 26.1. The molecule has 0 aliphatic carbocycles. The summed E-state index contributed by atoms with van der Waals surface area (Å²) in [6, 6.07) is 20.0. The van der Waals surface area contributed by atoms with Crippen LogP contribution in [0.3, 0.4) is 0 Å². The van der Waals surface area contributed by atoms with E-state index in [0.717, 1.165) is 16.1 Å². The number of sulfonamides is 1. The van der Waals surface area contributed by atoms with Gasteiger partial charge < -0.3 is 15.0 Å². The minimum absolute atomic E-state index is 0.0303. The van der Waals surface area contributed by atoms with Crippen LogP contribution >= 0.6 is 23.2 Å². The van der Waals surface area contributed by atoms with E-state index >= 15 is 0 Å². The molecule has 0 radical (unpaired) electrons. The highest BCUT2D eigenvalue weighted by Gasteiger charge is 2.31. The first-order valence-corrected chi connectivity index (χ1v) is 15.5. The summed E-state index contributed by atoms with van der Waals surface area (Å²) in [6.07, 6.45) is 1.02. The van der Waals surface area contributed by atoms with Crippen molar-refractivity contribution < 1.29 is 22.7 Å². The molecule has 8 nitrogen and oxygen atoms in total. The molecule has 0 aliphatic rings. The third-order valence-corrected chi connectivity index (χ3v) is 7.80. The number of nitrogens with one attached hydrogen (secondary N) is 1. The fraction of sp³-hybridized carbons (Fsp3) is 0.333. The first kappa shape index (κ1) is 32.2. The molecule has 41 heavy (non-hydrogen) atoms. The van der Waals surface area contributed by atoms with E-state index in [1.165, 1.54) is 4.90 Å². The quantitative estimate of drug-likeness (QED) is 0.298. The number of nitrogens with zero attached hydrogens (tertiary/aromatic N) is 2. The normalized spacial score (nSPS) is 12.4. The third-order valence-electron chi connectivity index (χ3n) is 6.07. The topological polar surface area (TPSA) is 96.0 Å². The maximum atomic E-state index is 13.7. The van der Waals surface area contributed by atoms with Crippen LogP contribution in [0.2, 0.25) is 10.0 Å². The second-order valence-electron chi connectivity index (χ2n) is 10.7. The van der Waals surface area contributed by atoms with Crippen LogP contribution < -0.4 is 14.4 Å². The van der Waals surface area contributed by atoms with Gasteiger partial charge in [-0.05, 0) is 75.2 Å². The average Bonchev–Trinajstić information content (AvgIpc) is 2.89. The van der Waals surface area contributed by atoms with Gasteiger partial charge in [-0.1, -0.05) is 59.6 Å². The number of amides is 2. The molecule has 0 aliphatic heterocycles. The molecule has 3 aromatic rings. The Balaban J connectivity index is 1.86. The number of benzene rings is 3. The van der Waals surface area contributed by atoms with Crippen molar-refractivity contribution in [2.24, 2.45) is 0 Å². The zero-order valence-electron chi connectivity index (χ0n) is 23.7. The van der Waals surface area contributed by atoms with Crippen LogP contribution in [-0.2, 0) is 32.8 Å². The highest BCUT2D eigenvalue weighted by atomic mass is 35.5. The van der Waals surface area contributed by atoms with Gasteiger partial charge in [0.1, 0.15) is 24.9 Å². The highest BCUT2D eigenvalue weighted by molar-refractivity contribution is 7.92. The fourth-order valence-electron chi connectivity index (χ4n) is 3.95. The summed E-state index contributed by atoms with van der Waals surface area (Å²) in [5, 5.41) is 3.63. The molecular weight excluding hydrogens is 585 g/mol.